The summed E-state index contributed by atoms with van der Waals surface area (Å²) >= 11 is 0. The third-order valence-corrected chi connectivity index (χ3v) is 4.74. The van der Waals surface area contributed by atoms with Gasteiger partial charge in [0, 0.05) is 32.7 Å². The molecule has 1 saturated heterocycles. The number of anilines is 1. The molecule has 1 fully saturated rings. The summed E-state index contributed by atoms with van der Waals surface area (Å²) in [6.45, 7) is 7.44. The van der Waals surface area contributed by atoms with Crippen LogP contribution in [-0.2, 0) is 6.42 Å². The van der Waals surface area contributed by atoms with Gasteiger partial charge in [0.1, 0.15) is 11.6 Å². The molecule has 0 aromatic heterocycles. The molecule has 0 saturated carbocycles. The molecule has 1 N–H and O–H groups in total. The molecular weight excluding hydrogens is 357 g/mol. The molecule has 6 heteroatoms. The number of halogens is 1. The van der Waals surface area contributed by atoms with Crippen LogP contribution in [0.25, 0.3) is 0 Å². The zero-order valence-electron chi connectivity index (χ0n) is 16.5. The summed E-state index contributed by atoms with van der Waals surface area (Å²) in [7, 11) is 0. The van der Waals surface area contributed by atoms with Gasteiger partial charge in [-0.3, -0.25) is 0 Å². The molecule has 1 heterocycles. The molecule has 0 spiro atoms. The highest BCUT2D eigenvalue weighted by molar-refractivity contribution is 5.74. The van der Waals surface area contributed by atoms with Crippen LogP contribution in [0.4, 0.5) is 14.9 Å². The lowest BCUT2D eigenvalue weighted by molar-refractivity contribution is 0.194. The molecule has 2 aromatic rings. The number of amides is 2. The van der Waals surface area contributed by atoms with E-state index in [1.807, 2.05) is 36.9 Å². The van der Waals surface area contributed by atoms with Crippen molar-refractivity contribution in [2.45, 2.75) is 26.4 Å². The summed E-state index contributed by atoms with van der Waals surface area (Å²) in [6, 6.07) is 14.4. The van der Waals surface area contributed by atoms with Gasteiger partial charge in [-0.2, -0.15) is 0 Å². The van der Waals surface area contributed by atoms with Crippen LogP contribution in [0.2, 0.25) is 0 Å². The first-order valence-corrected chi connectivity index (χ1v) is 9.81. The molecule has 0 radical (unpaired) electrons. The normalized spacial score (nSPS) is 14.3. The van der Waals surface area contributed by atoms with E-state index in [1.165, 1.54) is 12.1 Å². The van der Waals surface area contributed by atoms with Crippen LogP contribution < -0.4 is 15.0 Å². The number of piperazine rings is 1. The maximum Gasteiger partial charge on any atom is 0.317 e. The second-order valence-electron chi connectivity index (χ2n) is 7.22. The minimum Gasteiger partial charge on any atom is -0.489 e. The smallest absolute Gasteiger partial charge is 0.317 e. The molecule has 0 atom stereocenters. The lowest BCUT2D eigenvalue weighted by Crippen LogP contribution is -2.52. The Morgan fingerprint density at radius 1 is 1.07 bits per heavy atom. The van der Waals surface area contributed by atoms with Gasteiger partial charge in [0.15, 0.2) is 0 Å². The van der Waals surface area contributed by atoms with E-state index in [4.69, 9.17) is 4.74 Å². The molecule has 1 aliphatic rings. The highest BCUT2D eigenvalue weighted by atomic mass is 19.1. The van der Waals surface area contributed by atoms with Crippen LogP contribution in [0.5, 0.6) is 5.75 Å². The third-order valence-electron chi connectivity index (χ3n) is 4.74. The van der Waals surface area contributed by atoms with Crippen LogP contribution in [0.15, 0.2) is 48.5 Å². The first kappa shape index (κ1) is 20.0. The van der Waals surface area contributed by atoms with Gasteiger partial charge >= 0.3 is 6.03 Å². The summed E-state index contributed by atoms with van der Waals surface area (Å²) in [5, 5.41) is 2.96. The lowest BCUT2D eigenvalue weighted by Gasteiger charge is -2.36. The monoisotopic (exact) mass is 385 g/mol. The highest BCUT2D eigenvalue weighted by Gasteiger charge is 2.22. The summed E-state index contributed by atoms with van der Waals surface area (Å²) in [4.78, 5) is 16.5. The second-order valence-corrected chi connectivity index (χ2v) is 7.22. The van der Waals surface area contributed by atoms with Gasteiger partial charge in [0.05, 0.1) is 11.8 Å². The fraction of sp³-hybridized carbons (Fsp3) is 0.409. The van der Waals surface area contributed by atoms with E-state index < -0.39 is 0 Å². The predicted molar refractivity (Wildman–Crippen MR) is 109 cm³/mol. The van der Waals surface area contributed by atoms with Crippen molar-refractivity contribution in [1.82, 2.24) is 10.2 Å². The van der Waals surface area contributed by atoms with E-state index >= 15 is 0 Å². The Kier molecular flexibility index (Phi) is 6.74. The van der Waals surface area contributed by atoms with Crippen molar-refractivity contribution in [3.8, 4) is 5.75 Å². The quantitative estimate of drug-likeness (QED) is 0.825. The molecule has 0 aliphatic carbocycles. The van der Waals surface area contributed by atoms with Crippen LogP contribution in [0.3, 0.4) is 0 Å². The van der Waals surface area contributed by atoms with Gasteiger partial charge < -0.3 is 19.9 Å². The third kappa shape index (κ3) is 5.38. The largest absolute Gasteiger partial charge is 0.489 e. The molecule has 3 rings (SSSR count). The molecule has 28 heavy (non-hydrogen) atoms. The van der Waals surface area contributed by atoms with Crippen molar-refractivity contribution in [2.75, 3.05) is 37.6 Å². The van der Waals surface area contributed by atoms with Crippen molar-refractivity contribution < 1.29 is 13.9 Å². The molecule has 1 aliphatic heterocycles. The van der Waals surface area contributed by atoms with E-state index in [2.05, 4.69) is 16.3 Å². The number of urea groups is 1. The first-order chi connectivity index (χ1) is 13.5. The van der Waals surface area contributed by atoms with E-state index in [0.717, 1.165) is 30.1 Å². The predicted octanol–water partition coefficient (Wildman–Crippen LogP) is 3.69. The topological polar surface area (TPSA) is 44.8 Å². The van der Waals surface area contributed by atoms with Crippen LogP contribution in [-0.4, -0.2) is 49.8 Å². The number of carbonyl (C=O) groups excluding carboxylic acids is 1. The first-order valence-electron chi connectivity index (χ1n) is 9.81. The average Bonchev–Trinajstić information content (AvgIpc) is 2.69. The zero-order valence-corrected chi connectivity index (χ0v) is 16.5. The van der Waals surface area contributed by atoms with Gasteiger partial charge in [0.25, 0.3) is 0 Å². The van der Waals surface area contributed by atoms with E-state index in [1.54, 1.807) is 12.1 Å². The number of benzene rings is 2. The number of hydrogen-bond donors (Lipinski definition) is 1. The number of hydrogen-bond acceptors (Lipinski definition) is 3. The van der Waals surface area contributed by atoms with Crippen molar-refractivity contribution in [2.24, 2.45) is 0 Å². The van der Waals surface area contributed by atoms with Gasteiger partial charge in [-0.15, -0.1) is 0 Å². The number of para-hydroxylation sites is 2. The van der Waals surface area contributed by atoms with Crippen LogP contribution in [0.1, 0.15) is 19.4 Å². The summed E-state index contributed by atoms with van der Waals surface area (Å²) in [5.74, 6) is 0.640. The van der Waals surface area contributed by atoms with Crippen LogP contribution >= 0.6 is 0 Å². The van der Waals surface area contributed by atoms with Gasteiger partial charge in [0.2, 0.25) is 0 Å². The van der Waals surface area contributed by atoms with Crippen LogP contribution in [0, 0.1) is 5.82 Å². The summed E-state index contributed by atoms with van der Waals surface area (Å²) in [5.41, 5.74) is 2.08. The Morgan fingerprint density at radius 2 is 1.75 bits per heavy atom. The molecule has 2 aromatic carbocycles. The fourth-order valence-corrected chi connectivity index (χ4v) is 3.30. The minimum atomic E-state index is -0.244. The van der Waals surface area contributed by atoms with E-state index in [9.17, 15) is 9.18 Å². The number of nitrogens with one attached hydrogen (secondary N) is 1. The van der Waals surface area contributed by atoms with Crippen molar-refractivity contribution >= 4 is 11.7 Å². The van der Waals surface area contributed by atoms with Crippen molar-refractivity contribution in [3.63, 3.8) is 0 Å². The van der Waals surface area contributed by atoms with E-state index in [-0.39, 0.29) is 18.0 Å². The van der Waals surface area contributed by atoms with Gasteiger partial charge in [-0.05, 0) is 50.1 Å². The second kappa shape index (κ2) is 9.44. The Hall–Kier alpha value is -2.76. The highest BCUT2D eigenvalue weighted by Crippen LogP contribution is 2.29. The maximum absolute atomic E-state index is 12.9. The van der Waals surface area contributed by atoms with Gasteiger partial charge in [-0.1, -0.05) is 24.3 Å². The summed E-state index contributed by atoms with van der Waals surface area (Å²) in [6.07, 6.45) is 0.806. The number of rotatable bonds is 6. The molecular formula is C22H28FN3O2. The molecule has 0 bridgehead atoms. The Balaban J connectivity index is 1.47. The fourth-order valence-electron chi connectivity index (χ4n) is 3.30. The lowest BCUT2D eigenvalue weighted by atomic mass is 10.1. The van der Waals surface area contributed by atoms with Crippen molar-refractivity contribution in [1.29, 1.82) is 0 Å². The number of carbonyl (C=O) groups is 1. The van der Waals surface area contributed by atoms with Gasteiger partial charge in [-0.25, -0.2) is 9.18 Å². The van der Waals surface area contributed by atoms with Crippen molar-refractivity contribution in [3.05, 3.63) is 59.9 Å². The summed E-state index contributed by atoms with van der Waals surface area (Å²) < 4.78 is 18.9. The number of nitrogens with zero attached hydrogens (tertiary/aromatic N) is 2. The zero-order chi connectivity index (χ0) is 19.9. The maximum atomic E-state index is 12.9. The molecule has 0 unspecified atom stereocenters. The Morgan fingerprint density at radius 3 is 2.43 bits per heavy atom. The SMILES string of the molecule is CC(C)Oc1ccccc1N1CCN(C(=O)NCCc2ccc(F)cc2)CC1. The molecule has 2 amide bonds. The number of ether oxygens (including phenoxy) is 1. The molecule has 150 valence electrons. The Labute approximate surface area is 166 Å². The average molecular weight is 385 g/mol. The Bertz CT molecular complexity index is 772. The van der Waals surface area contributed by atoms with E-state index in [0.29, 0.717) is 26.1 Å². The standard InChI is InChI=1S/C22H28FN3O2/c1-17(2)28-21-6-4-3-5-20(21)25-13-15-26(16-14-25)22(27)24-12-11-18-7-9-19(23)10-8-18/h3-10,17H,11-16H2,1-2H3,(H,24,27). The minimum absolute atomic E-state index is 0.0477. The molecule has 5 nitrogen and oxygen atoms in total.